The summed E-state index contributed by atoms with van der Waals surface area (Å²) in [4.78, 5) is 25.9. The zero-order chi connectivity index (χ0) is 33.5. The highest BCUT2D eigenvalue weighted by molar-refractivity contribution is 7.99. The molecule has 1 aliphatic carbocycles. The summed E-state index contributed by atoms with van der Waals surface area (Å²) in [6.45, 7) is 15.6. The van der Waals surface area contributed by atoms with Gasteiger partial charge < -0.3 is 19.8 Å². The van der Waals surface area contributed by atoms with Crippen LogP contribution in [0.3, 0.4) is 0 Å². The van der Waals surface area contributed by atoms with Gasteiger partial charge in [-0.3, -0.25) is 19.7 Å². The van der Waals surface area contributed by atoms with E-state index >= 15 is 0 Å². The van der Waals surface area contributed by atoms with Gasteiger partial charge in [0.15, 0.2) is 11.3 Å². The van der Waals surface area contributed by atoms with Crippen LogP contribution in [0.4, 0.5) is 0 Å². The molecule has 3 unspecified atom stereocenters. The van der Waals surface area contributed by atoms with Crippen LogP contribution in [0.25, 0.3) is 0 Å². The quantitative estimate of drug-likeness (QED) is 0.0581. The summed E-state index contributed by atoms with van der Waals surface area (Å²) in [6.07, 6.45) is 22.4. The van der Waals surface area contributed by atoms with Gasteiger partial charge in [0.1, 0.15) is 5.76 Å². The van der Waals surface area contributed by atoms with E-state index in [0.717, 1.165) is 68.6 Å². The first kappa shape index (κ1) is 37.1. The Morgan fingerprint density at radius 2 is 2.04 bits per heavy atom. The molecule has 2 aliphatic rings. The normalized spacial score (nSPS) is 20.8. The fraction of sp³-hybridized carbons (Fsp3) is 0.486. The lowest BCUT2D eigenvalue weighted by Gasteiger charge is -2.44. The van der Waals surface area contributed by atoms with Crippen molar-refractivity contribution in [2.24, 2.45) is 16.8 Å². The number of pyridine rings is 1. The molecule has 3 rings (SSSR count). The smallest absolute Gasteiger partial charge is 0.178 e. The van der Waals surface area contributed by atoms with E-state index in [1.165, 1.54) is 12.6 Å². The highest BCUT2D eigenvalue weighted by Gasteiger charge is 2.33. The molecule has 1 aliphatic heterocycles. The third-order valence-corrected chi connectivity index (χ3v) is 9.06. The van der Waals surface area contributed by atoms with Crippen LogP contribution < -0.4 is 0 Å². The van der Waals surface area contributed by atoms with E-state index in [9.17, 15) is 15.0 Å². The van der Waals surface area contributed by atoms with Crippen LogP contribution in [0.1, 0.15) is 69.4 Å². The maximum absolute atomic E-state index is 11.6. The molecule has 0 saturated carbocycles. The highest BCUT2D eigenvalue weighted by atomic mass is 32.2. The Kier molecular flexibility index (Phi) is 15.6. The number of ketones is 1. The maximum Gasteiger partial charge on any atom is 0.178 e. The number of aromatic nitrogens is 1. The van der Waals surface area contributed by atoms with E-state index in [-0.39, 0.29) is 35.0 Å². The van der Waals surface area contributed by atoms with E-state index < -0.39 is 0 Å². The first-order valence-corrected chi connectivity index (χ1v) is 17.6. The van der Waals surface area contributed by atoms with E-state index in [1.54, 1.807) is 30.1 Å². The van der Waals surface area contributed by atoms with Crippen molar-refractivity contribution in [3.63, 3.8) is 0 Å². The fourth-order valence-corrected chi connectivity index (χ4v) is 6.49. The maximum atomic E-state index is 11.6. The van der Waals surface area contributed by atoms with Crippen LogP contribution in [-0.4, -0.2) is 80.6 Å². The standard InChI is InChI=1S/C37H52N4O4S/c1-7-11-34(41(37(46-6)45-22-8-2)36-23-31(28(4)43)14-13-27(36)3)26-40-19-17-30(18-20-40)35(12-9-10-21-42)39-25-33-16-15-32(24-38-33)29(5)44/h9-16,21,23-24,27,30,36-37,42-43H,4,7-8,17-20,22,25-26H2,1-3,5-6H3/b12-9-,21-10+,34-11+,39-35+. The summed E-state index contributed by atoms with van der Waals surface area (Å²) in [5.41, 5.74) is 4.20. The molecule has 0 spiro atoms. The molecule has 0 radical (unpaired) electrons. The molecule has 0 aromatic carbocycles. The van der Waals surface area contributed by atoms with Gasteiger partial charge in [0, 0.05) is 47.8 Å². The van der Waals surface area contributed by atoms with Gasteiger partial charge in [-0.15, -0.1) is 11.8 Å². The molecular formula is C37H52N4O4S. The van der Waals surface area contributed by atoms with Gasteiger partial charge in [-0.25, -0.2) is 0 Å². The van der Waals surface area contributed by atoms with Gasteiger partial charge in [-0.1, -0.05) is 57.7 Å². The molecule has 1 aromatic heterocycles. The van der Waals surface area contributed by atoms with Crippen LogP contribution in [-0.2, 0) is 11.3 Å². The lowest BCUT2D eigenvalue weighted by molar-refractivity contribution is -0.00355. The van der Waals surface area contributed by atoms with Gasteiger partial charge in [-0.05, 0) is 82.2 Å². The number of hydrogen-bond acceptors (Lipinski definition) is 9. The lowest BCUT2D eigenvalue weighted by atomic mass is 9.90. The molecule has 3 atom stereocenters. The first-order chi connectivity index (χ1) is 22.2. The lowest BCUT2D eigenvalue weighted by Crippen LogP contribution is -2.48. The van der Waals surface area contributed by atoms with E-state index in [4.69, 9.17) is 9.73 Å². The number of carbonyl (C=O) groups is 1. The van der Waals surface area contributed by atoms with Gasteiger partial charge in [-0.2, -0.15) is 0 Å². The third-order valence-electron chi connectivity index (χ3n) is 8.30. The van der Waals surface area contributed by atoms with Crippen molar-refractivity contribution >= 4 is 23.3 Å². The second kappa shape index (κ2) is 19.3. The molecule has 2 N–H and O–H groups in total. The molecule has 8 nitrogen and oxygen atoms in total. The van der Waals surface area contributed by atoms with Crippen molar-refractivity contribution in [2.75, 3.05) is 32.5 Å². The van der Waals surface area contributed by atoms with Gasteiger partial charge in [0.25, 0.3) is 0 Å². The van der Waals surface area contributed by atoms with Gasteiger partial charge >= 0.3 is 0 Å². The number of Topliss-reactive ketones (excluding diaryl/α,β-unsaturated/α-hetero) is 1. The average Bonchev–Trinajstić information content (AvgIpc) is 3.05. The number of piperidine rings is 1. The minimum Gasteiger partial charge on any atom is -0.516 e. The van der Waals surface area contributed by atoms with Crippen LogP contribution in [0.5, 0.6) is 0 Å². The number of likely N-dealkylation sites (tertiary alicyclic amines) is 1. The number of nitrogens with zero attached hydrogens (tertiary/aromatic N) is 4. The summed E-state index contributed by atoms with van der Waals surface area (Å²) >= 11 is 1.70. The largest absolute Gasteiger partial charge is 0.516 e. The number of thioether (sulfide) groups is 1. The second-order valence-corrected chi connectivity index (χ2v) is 12.7. The number of hydrogen-bond donors (Lipinski definition) is 2. The second-order valence-electron chi connectivity index (χ2n) is 11.8. The van der Waals surface area contributed by atoms with Crippen LogP contribution >= 0.6 is 11.8 Å². The monoisotopic (exact) mass is 648 g/mol. The predicted molar refractivity (Wildman–Crippen MR) is 191 cm³/mol. The number of aliphatic hydroxyl groups is 2. The van der Waals surface area contributed by atoms with Crippen LogP contribution in [0, 0.1) is 11.8 Å². The Labute approximate surface area is 280 Å². The van der Waals surface area contributed by atoms with E-state index in [1.807, 2.05) is 24.3 Å². The molecule has 0 amide bonds. The molecule has 1 aromatic rings. The molecule has 0 bridgehead atoms. The number of aliphatic hydroxyl groups excluding tert-OH is 2. The number of carbonyl (C=O) groups excluding carboxylic acids is 1. The van der Waals surface area contributed by atoms with Crippen molar-refractivity contribution in [3.05, 3.63) is 102 Å². The van der Waals surface area contributed by atoms with Crippen molar-refractivity contribution in [2.45, 2.75) is 71.5 Å². The van der Waals surface area contributed by atoms with Crippen molar-refractivity contribution < 1.29 is 19.7 Å². The summed E-state index contributed by atoms with van der Waals surface area (Å²) < 4.78 is 6.42. The topological polar surface area (TPSA) is 98.5 Å². The van der Waals surface area contributed by atoms with Gasteiger partial charge in [0.05, 0.1) is 24.5 Å². The number of aliphatic imine (C=N–C) groups is 1. The minimum atomic E-state index is -0.166. The number of ether oxygens (including phenoxy) is 1. The molecule has 250 valence electrons. The van der Waals surface area contributed by atoms with Crippen LogP contribution in [0.2, 0.25) is 0 Å². The van der Waals surface area contributed by atoms with E-state index in [0.29, 0.717) is 18.7 Å². The Balaban J connectivity index is 1.80. The summed E-state index contributed by atoms with van der Waals surface area (Å²) in [5, 5.41) is 19.4. The molecule has 1 saturated heterocycles. The van der Waals surface area contributed by atoms with Crippen LogP contribution in [0.15, 0.2) is 95.7 Å². The van der Waals surface area contributed by atoms with Crippen molar-refractivity contribution in [3.8, 4) is 0 Å². The Bertz CT molecular complexity index is 1320. The Hall–Kier alpha value is -3.40. The summed E-state index contributed by atoms with van der Waals surface area (Å²) in [6, 6.07) is 3.66. The molecule has 46 heavy (non-hydrogen) atoms. The number of rotatable bonds is 17. The van der Waals surface area contributed by atoms with E-state index in [2.05, 4.69) is 66.6 Å². The third kappa shape index (κ3) is 10.9. The highest BCUT2D eigenvalue weighted by Crippen LogP contribution is 2.33. The summed E-state index contributed by atoms with van der Waals surface area (Å²) in [5.74, 6) is 0.577. The number of allylic oxidation sites excluding steroid dienone is 5. The zero-order valence-corrected chi connectivity index (χ0v) is 29.0. The van der Waals surface area contributed by atoms with Crippen molar-refractivity contribution in [1.82, 2.24) is 14.8 Å². The predicted octanol–water partition coefficient (Wildman–Crippen LogP) is 7.81. The Morgan fingerprint density at radius 1 is 1.28 bits per heavy atom. The minimum absolute atomic E-state index is 0.00592. The average molecular weight is 649 g/mol. The summed E-state index contributed by atoms with van der Waals surface area (Å²) in [7, 11) is 0. The molecular weight excluding hydrogens is 596 g/mol. The van der Waals surface area contributed by atoms with Crippen molar-refractivity contribution in [1.29, 1.82) is 0 Å². The fourth-order valence-electron chi connectivity index (χ4n) is 5.76. The first-order valence-electron chi connectivity index (χ1n) is 16.3. The molecule has 2 heterocycles. The molecule has 9 heteroatoms. The SMILES string of the molecule is C=C(O)C1=CC(N(/C(=C/CC)CN2CCC(C(/C=C\C=C\O)=N/Cc3ccc(C(C)=O)cn3)CC2)C(OCCC)SC)C(C)C=C1. The zero-order valence-electron chi connectivity index (χ0n) is 28.1. The van der Waals surface area contributed by atoms with Gasteiger partial charge in [0.2, 0.25) is 0 Å². The Morgan fingerprint density at radius 3 is 2.63 bits per heavy atom. The molecule has 1 fully saturated rings.